The van der Waals surface area contributed by atoms with Crippen LogP contribution in [0.25, 0.3) is 0 Å². The van der Waals surface area contributed by atoms with Crippen molar-refractivity contribution in [3.05, 3.63) is 26.8 Å². The van der Waals surface area contributed by atoms with E-state index >= 15 is 0 Å². The molecular weight excluding hydrogens is 298 g/mol. The van der Waals surface area contributed by atoms with Crippen LogP contribution in [0.1, 0.15) is 17.7 Å². The number of halogens is 4. The molecule has 6 heteroatoms. The van der Waals surface area contributed by atoms with Crippen molar-refractivity contribution in [3.8, 4) is 0 Å². The summed E-state index contributed by atoms with van der Waals surface area (Å²) < 4.78 is 37.1. The molecule has 0 atom stereocenters. The molecule has 0 aromatic carbocycles. The third kappa shape index (κ3) is 2.31. The van der Waals surface area contributed by atoms with Crippen LogP contribution < -0.4 is 0 Å². The highest BCUT2D eigenvalue weighted by molar-refractivity contribution is 14.1. The van der Waals surface area contributed by atoms with Crippen molar-refractivity contribution >= 4 is 22.6 Å². The molecule has 72 valence electrons. The van der Waals surface area contributed by atoms with E-state index in [1.165, 1.54) is 22.6 Å². The molecule has 0 aliphatic heterocycles. The average Bonchev–Trinajstić information content (AvgIpc) is 2.09. The van der Waals surface area contributed by atoms with E-state index in [0.29, 0.717) is 0 Å². The molecule has 0 unspecified atom stereocenters. The zero-order valence-corrected chi connectivity index (χ0v) is 8.43. The number of aliphatic hydroxyl groups excluding tert-OH is 1. The topological polar surface area (TPSA) is 33.1 Å². The lowest BCUT2D eigenvalue weighted by molar-refractivity contribution is 0.149. The molecule has 0 fully saturated rings. The van der Waals surface area contributed by atoms with Crippen molar-refractivity contribution in [3.63, 3.8) is 0 Å². The number of aromatic nitrogens is 1. The predicted octanol–water partition coefficient (Wildman–Crippen LogP) is 2.26. The van der Waals surface area contributed by atoms with Crippen LogP contribution >= 0.6 is 22.6 Å². The van der Waals surface area contributed by atoms with E-state index in [9.17, 15) is 13.2 Å². The molecule has 0 saturated heterocycles. The van der Waals surface area contributed by atoms with Crippen LogP contribution in [0, 0.1) is 9.52 Å². The van der Waals surface area contributed by atoms with E-state index < -0.39 is 24.5 Å². The highest BCUT2D eigenvalue weighted by Crippen LogP contribution is 2.26. The number of pyridine rings is 1. The molecule has 2 nitrogen and oxygen atoms in total. The van der Waals surface area contributed by atoms with Gasteiger partial charge in [0.1, 0.15) is 0 Å². The molecule has 0 aliphatic rings. The second kappa shape index (κ2) is 4.23. The lowest BCUT2D eigenvalue weighted by Gasteiger charge is -2.05. The molecule has 0 aliphatic carbocycles. The third-order valence-corrected chi connectivity index (χ3v) is 2.46. The summed E-state index contributed by atoms with van der Waals surface area (Å²) in [5.74, 6) is -0.970. The molecule has 1 aromatic heterocycles. The largest absolute Gasteiger partial charge is 0.390 e. The van der Waals surface area contributed by atoms with Crippen LogP contribution in [0.15, 0.2) is 6.07 Å². The molecule has 0 amide bonds. The minimum atomic E-state index is -2.75. The lowest BCUT2D eigenvalue weighted by atomic mass is 10.2. The first kappa shape index (κ1) is 10.7. The molecule has 1 heterocycles. The first-order chi connectivity index (χ1) is 6.06. The van der Waals surface area contributed by atoms with E-state index in [0.717, 1.165) is 6.07 Å². The van der Waals surface area contributed by atoms with E-state index in [2.05, 4.69) is 4.98 Å². The summed E-state index contributed by atoms with van der Waals surface area (Å²) in [5.41, 5.74) is -0.523. The molecular formula is C7H5F3INO. The fourth-order valence-corrected chi connectivity index (χ4v) is 1.32. The van der Waals surface area contributed by atoms with Crippen molar-refractivity contribution in [2.45, 2.75) is 13.0 Å². The number of aliphatic hydroxyl groups is 1. The van der Waals surface area contributed by atoms with E-state index in [-0.39, 0.29) is 9.26 Å². The van der Waals surface area contributed by atoms with Gasteiger partial charge in [0.25, 0.3) is 6.43 Å². The Balaban J connectivity index is 3.25. The molecule has 13 heavy (non-hydrogen) atoms. The zero-order valence-electron chi connectivity index (χ0n) is 6.27. The van der Waals surface area contributed by atoms with E-state index in [1.54, 1.807) is 0 Å². The number of rotatable bonds is 2. The molecule has 0 bridgehead atoms. The summed E-state index contributed by atoms with van der Waals surface area (Å²) in [6, 6.07) is 0.996. The molecule has 1 rings (SSSR count). The summed E-state index contributed by atoms with van der Waals surface area (Å²) in [6.07, 6.45) is -2.75. The standard InChI is InChI=1S/C7H5F3INO/c8-6(9)4-1-3(2-13)12-7(10)5(4)11/h1,6,13H,2H2. The van der Waals surface area contributed by atoms with Crippen LogP contribution in [-0.2, 0) is 6.61 Å². The smallest absolute Gasteiger partial charge is 0.265 e. The molecule has 1 aromatic rings. The van der Waals surface area contributed by atoms with Gasteiger partial charge in [-0.3, -0.25) is 0 Å². The highest BCUT2D eigenvalue weighted by atomic mass is 127. The fraction of sp³-hybridized carbons (Fsp3) is 0.286. The Morgan fingerprint density at radius 1 is 1.54 bits per heavy atom. The van der Waals surface area contributed by atoms with Crippen molar-refractivity contribution in [1.82, 2.24) is 4.98 Å². The Morgan fingerprint density at radius 2 is 2.15 bits per heavy atom. The van der Waals surface area contributed by atoms with Gasteiger partial charge in [-0.1, -0.05) is 0 Å². The quantitative estimate of drug-likeness (QED) is 0.671. The van der Waals surface area contributed by atoms with Crippen LogP contribution in [0.3, 0.4) is 0 Å². The average molecular weight is 303 g/mol. The number of hydrogen-bond donors (Lipinski definition) is 1. The maximum atomic E-state index is 12.8. The molecule has 0 saturated carbocycles. The summed E-state index contributed by atoms with van der Waals surface area (Å²) in [6.45, 7) is -0.548. The number of nitrogens with zero attached hydrogens (tertiary/aromatic N) is 1. The van der Waals surface area contributed by atoms with Crippen molar-refractivity contribution < 1.29 is 18.3 Å². The first-order valence-electron chi connectivity index (χ1n) is 3.30. The van der Waals surface area contributed by atoms with Gasteiger partial charge in [-0.15, -0.1) is 0 Å². The highest BCUT2D eigenvalue weighted by Gasteiger charge is 2.17. The van der Waals surface area contributed by atoms with Gasteiger partial charge in [0.05, 0.1) is 15.9 Å². The summed E-state index contributed by atoms with van der Waals surface area (Å²) in [5, 5.41) is 8.58. The predicted molar refractivity (Wildman–Crippen MR) is 47.8 cm³/mol. The summed E-state index contributed by atoms with van der Waals surface area (Å²) >= 11 is 1.45. The first-order valence-corrected chi connectivity index (χ1v) is 4.38. The fourth-order valence-electron chi connectivity index (χ4n) is 0.809. The molecule has 0 spiro atoms. The lowest BCUT2D eigenvalue weighted by Crippen LogP contribution is -2.01. The maximum absolute atomic E-state index is 12.8. The van der Waals surface area contributed by atoms with Crippen LogP contribution in [0.5, 0.6) is 0 Å². The van der Waals surface area contributed by atoms with Gasteiger partial charge in [-0.2, -0.15) is 4.39 Å². The Hall–Kier alpha value is -0.370. The second-order valence-corrected chi connectivity index (χ2v) is 3.35. The zero-order chi connectivity index (χ0) is 10.0. The van der Waals surface area contributed by atoms with Crippen molar-refractivity contribution in [2.75, 3.05) is 0 Å². The Kier molecular flexibility index (Phi) is 3.48. The minimum Gasteiger partial charge on any atom is -0.390 e. The van der Waals surface area contributed by atoms with E-state index in [4.69, 9.17) is 5.11 Å². The maximum Gasteiger partial charge on any atom is 0.265 e. The van der Waals surface area contributed by atoms with Gasteiger partial charge in [0.15, 0.2) is 0 Å². The van der Waals surface area contributed by atoms with Crippen LogP contribution in [0.4, 0.5) is 13.2 Å². The normalized spacial score (nSPS) is 10.9. The Bertz CT molecular complexity index is 319. The van der Waals surface area contributed by atoms with Gasteiger partial charge in [0, 0.05) is 5.56 Å². The van der Waals surface area contributed by atoms with Gasteiger partial charge < -0.3 is 5.11 Å². The van der Waals surface area contributed by atoms with Crippen molar-refractivity contribution in [2.24, 2.45) is 0 Å². The number of hydrogen-bond acceptors (Lipinski definition) is 2. The van der Waals surface area contributed by atoms with Gasteiger partial charge >= 0.3 is 0 Å². The number of alkyl halides is 2. The van der Waals surface area contributed by atoms with Crippen LogP contribution in [-0.4, -0.2) is 10.1 Å². The molecule has 1 N–H and O–H groups in total. The van der Waals surface area contributed by atoms with Gasteiger partial charge in [-0.25, -0.2) is 13.8 Å². The second-order valence-electron chi connectivity index (χ2n) is 2.27. The SMILES string of the molecule is OCc1cc(C(F)F)c(I)c(F)n1. The Morgan fingerprint density at radius 3 is 2.62 bits per heavy atom. The third-order valence-electron chi connectivity index (χ3n) is 1.40. The minimum absolute atomic E-state index is 0.0896. The van der Waals surface area contributed by atoms with Crippen molar-refractivity contribution in [1.29, 1.82) is 0 Å². The molecule has 0 radical (unpaired) electrons. The summed E-state index contributed by atoms with van der Waals surface area (Å²) in [4.78, 5) is 3.28. The van der Waals surface area contributed by atoms with Gasteiger partial charge in [-0.05, 0) is 28.7 Å². The van der Waals surface area contributed by atoms with E-state index in [1.807, 2.05) is 0 Å². The monoisotopic (exact) mass is 303 g/mol. The van der Waals surface area contributed by atoms with Gasteiger partial charge in [0.2, 0.25) is 5.95 Å². The summed E-state index contributed by atoms with van der Waals surface area (Å²) in [7, 11) is 0. The van der Waals surface area contributed by atoms with Crippen LogP contribution in [0.2, 0.25) is 0 Å². The Labute approximate surface area is 85.9 Å².